The summed E-state index contributed by atoms with van der Waals surface area (Å²) in [5.74, 6) is 0.216. The SMILES string of the molecule is CCCC(=O)Nc1cncc(-c2ccc3[nH]nc(-c4nc5c(-c6cc(F)cc(NCCN(C)Cn7nc(-c8nc9c(-c%10cc(F)cc(NCCN(C)C)c%10)cncc9[nH]8)c8cc(-c9cncc(CN(C)C)c9)ccc87)c6)cncc5[nH]4)c3c2)c1. The van der Waals surface area contributed by atoms with E-state index in [2.05, 4.69) is 95.0 Å². The molecule has 0 aliphatic rings. The number of aromatic nitrogens is 12. The summed E-state index contributed by atoms with van der Waals surface area (Å²) in [4.78, 5) is 53.8. The van der Waals surface area contributed by atoms with Gasteiger partial charge in [0.05, 0.1) is 64.0 Å². The lowest BCUT2D eigenvalue weighted by Crippen LogP contribution is -2.28. The highest BCUT2D eigenvalue weighted by atomic mass is 19.1. The summed E-state index contributed by atoms with van der Waals surface area (Å²) < 4.78 is 32.9. The van der Waals surface area contributed by atoms with Crippen LogP contribution in [0.15, 0.2) is 135 Å². The van der Waals surface area contributed by atoms with Crippen LogP contribution in [0.5, 0.6) is 0 Å². The van der Waals surface area contributed by atoms with E-state index in [4.69, 9.17) is 15.1 Å². The van der Waals surface area contributed by atoms with Crippen molar-refractivity contribution in [2.24, 2.45) is 0 Å². The van der Waals surface area contributed by atoms with Crippen molar-refractivity contribution in [2.45, 2.75) is 33.0 Å². The van der Waals surface area contributed by atoms with Crippen LogP contribution in [0.4, 0.5) is 25.8 Å². The van der Waals surface area contributed by atoms with Crippen LogP contribution in [0.2, 0.25) is 0 Å². The van der Waals surface area contributed by atoms with Crippen LogP contribution < -0.4 is 16.0 Å². The van der Waals surface area contributed by atoms with Crippen LogP contribution >= 0.6 is 0 Å². The third kappa shape index (κ3) is 11.8. The second kappa shape index (κ2) is 23.6. The molecule has 84 heavy (non-hydrogen) atoms. The zero-order valence-electron chi connectivity index (χ0n) is 47.4. The van der Waals surface area contributed by atoms with Crippen molar-refractivity contribution in [1.29, 1.82) is 0 Å². The number of fused-ring (bicyclic) bond motifs is 4. The van der Waals surface area contributed by atoms with Crippen LogP contribution in [0.3, 0.4) is 0 Å². The third-order valence-electron chi connectivity index (χ3n) is 14.5. The number of halogens is 2. The number of rotatable bonds is 21. The molecule has 12 rings (SSSR count). The maximum absolute atomic E-state index is 15.7. The van der Waals surface area contributed by atoms with E-state index in [1.54, 1.807) is 37.2 Å². The van der Waals surface area contributed by atoms with Crippen molar-refractivity contribution >= 4 is 66.8 Å². The van der Waals surface area contributed by atoms with Crippen LogP contribution in [0.1, 0.15) is 25.3 Å². The summed E-state index contributed by atoms with van der Waals surface area (Å²) in [6.45, 7) is 5.61. The molecule has 8 heterocycles. The first-order valence-corrected chi connectivity index (χ1v) is 27.7. The minimum Gasteiger partial charge on any atom is -0.384 e. The maximum atomic E-state index is 15.7. The fraction of sp³-hybridized carbons (Fsp3) is 0.222. The molecule has 0 aliphatic heterocycles. The molecule has 4 aromatic carbocycles. The zero-order chi connectivity index (χ0) is 58.0. The molecule has 12 aromatic rings. The summed E-state index contributed by atoms with van der Waals surface area (Å²) >= 11 is 0. The van der Waals surface area contributed by atoms with Crippen LogP contribution in [-0.4, -0.2) is 142 Å². The molecule has 6 N–H and O–H groups in total. The van der Waals surface area contributed by atoms with Gasteiger partial charge in [0.2, 0.25) is 5.91 Å². The number of carbonyl (C=O) groups is 1. The van der Waals surface area contributed by atoms with Gasteiger partial charge in [-0.1, -0.05) is 19.1 Å². The van der Waals surface area contributed by atoms with Crippen LogP contribution in [-0.2, 0) is 18.0 Å². The van der Waals surface area contributed by atoms with Gasteiger partial charge >= 0.3 is 0 Å². The van der Waals surface area contributed by atoms with Crippen LogP contribution in [0.25, 0.3) is 111 Å². The number of H-pyrrole nitrogens is 3. The lowest BCUT2D eigenvalue weighted by Gasteiger charge is -2.18. The Morgan fingerprint density at radius 2 is 1.17 bits per heavy atom. The molecule has 21 heteroatoms. The molecular formula is C63H62F2N18O. The Morgan fingerprint density at radius 1 is 0.571 bits per heavy atom. The van der Waals surface area contributed by atoms with Crippen LogP contribution in [0, 0.1) is 11.6 Å². The maximum Gasteiger partial charge on any atom is 0.224 e. The van der Waals surface area contributed by atoms with E-state index in [1.807, 2.05) is 95.6 Å². The van der Waals surface area contributed by atoms with Gasteiger partial charge in [0.15, 0.2) is 11.6 Å². The Balaban J connectivity index is 0.793. The smallest absolute Gasteiger partial charge is 0.224 e. The van der Waals surface area contributed by atoms with Gasteiger partial charge in [0.1, 0.15) is 23.0 Å². The summed E-state index contributed by atoms with van der Waals surface area (Å²) in [6.07, 6.45) is 15.2. The predicted octanol–water partition coefficient (Wildman–Crippen LogP) is 11.3. The first kappa shape index (κ1) is 54.7. The fourth-order valence-corrected chi connectivity index (χ4v) is 10.6. The third-order valence-corrected chi connectivity index (χ3v) is 14.5. The number of hydrogen-bond donors (Lipinski definition) is 6. The number of pyridine rings is 4. The van der Waals surface area contributed by atoms with Gasteiger partial charge in [0, 0.05) is 115 Å². The Labute approximate surface area is 482 Å². The molecule has 0 aliphatic carbocycles. The minimum atomic E-state index is -0.414. The lowest BCUT2D eigenvalue weighted by atomic mass is 10.0. The highest BCUT2D eigenvalue weighted by Gasteiger charge is 2.22. The summed E-state index contributed by atoms with van der Waals surface area (Å²) in [5.41, 5.74) is 14.8. The molecule has 0 unspecified atom stereocenters. The number of hydrogen-bond acceptors (Lipinski definition) is 14. The number of imidazole rings is 2. The second-order valence-corrected chi connectivity index (χ2v) is 21.7. The molecule has 0 radical (unpaired) electrons. The second-order valence-electron chi connectivity index (χ2n) is 21.7. The normalized spacial score (nSPS) is 11.8. The fourth-order valence-electron chi connectivity index (χ4n) is 10.6. The molecule has 0 saturated carbocycles. The van der Waals surface area contributed by atoms with E-state index in [1.165, 1.54) is 24.3 Å². The van der Waals surface area contributed by atoms with E-state index in [9.17, 15) is 4.79 Å². The van der Waals surface area contributed by atoms with Gasteiger partial charge in [-0.15, -0.1) is 0 Å². The molecule has 0 atom stereocenters. The summed E-state index contributed by atoms with van der Waals surface area (Å²) in [5, 5.41) is 24.4. The molecule has 0 spiro atoms. The first-order chi connectivity index (χ1) is 40.8. The van der Waals surface area contributed by atoms with Gasteiger partial charge in [-0.05, 0) is 142 Å². The minimum absolute atomic E-state index is 0.0606. The topological polar surface area (TPSA) is 218 Å². The molecular weight excluding hydrogens is 1060 g/mol. The van der Waals surface area contributed by atoms with Crippen molar-refractivity contribution < 1.29 is 13.6 Å². The monoisotopic (exact) mass is 1120 g/mol. The summed E-state index contributed by atoms with van der Waals surface area (Å²) in [7, 11) is 10.1. The Morgan fingerprint density at radius 3 is 1.82 bits per heavy atom. The highest BCUT2D eigenvalue weighted by molar-refractivity contribution is 6.00. The van der Waals surface area contributed by atoms with Gasteiger partial charge in [-0.2, -0.15) is 10.2 Å². The van der Waals surface area contributed by atoms with Crippen molar-refractivity contribution in [3.05, 3.63) is 152 Å². The molecule has 0 saturated heterocycles. The number of anilines is 3. The number of benzene rings is 4. The number of aromatic amines is 3. The number of amides is 1. The van der Waals surface area contributed by atoms with Gasteiger partial charge in [-0.3, -0.25) is 34.7 Å². The van der Waals surface area contributed by atoms with Gasteiger partial charge in [-0.25, -0.2) is 23.4 Å². The predicted molar refractivity (Wildman–Crippen MR) is 328 cm³/mol. The number of nitrogens with zero attached hydrogens (tertiary/aromatic N) is 12. The quantitative estimate of drug-likeness (QED) is 0.0395. The van der Waals surface area contributed by atoms with E-state index in [-0.39, 0.29) is 11.7 Å². The number of likely N-dealkylation sites (N-methyl/N-ethyl adjacent to an activating group) is 2. The molecule has 0 fully saturated rings. The van der Waals surface area contributed by atoms with Crippen molar-refractivity contribution in [3.63, 3.8) is 0 Å². The Kier molecular flexibility index (Phi) is 15.4. The van der Waals surface area contributed by atoms with Gasteiger partial charge in [0.25, 0.3) is 0 Å². The largest absolute Gasteiger partial charge is 0.384 e. The number of carbonyl (C=O) groups excluding carboxylic acids is 1. The molecule has 1 amide bonds. The van der Waals surface area contributed by atoms with Gasteiger partial charge < -0.3 is 35.7 Å². The summed E-state index contributed by atoms with van der Waals surface area (Å²) in [6, 6.07) is 26.1. The van der Waals surface area contributed by atoms with E-state index < -0.39 is 5.82 Å². The van der Waals surface area contributed by atoms with Crippen molar-refractivity contribution in [2.75, 3.05) is 77.4 Å². The van der Waals surface area contributed by atoms with Crippen molar-refractivity contribution in [1.82, 2.24) is 74.5 Å². The first-order valence-electron chi connectivity index (χ1n) is 27.7. The van der Waals surface area contributed by atoms with E-state index >= 15 is 8.78 Å². The average Bonchev–Trinajstić information content (AvgIpc) is 2.58. The lowest BCUT2D eigenvalue weighted by molar-refractivity contribution is -0.116. The molecule has 424 valence electrons. The average molecular weight is 1130 g/mol. The zero-order valence-corrected chi connectivity index (χ0v) is 47.4. The Bertz CT molecular complexity index is 4390. The highest BCUT2D eigenvalue weighted by Crippen LogP contribution is 2.37. The molecule has 8 aromatic heterocycles. The molecule has 19 nitrogen and oxygen atoms in total. The Hall–Kier alpha value is -9.83. The number of nitrogens with one attached hydrogen (secondary N) is 6. The van der Waals surface area contributed by atoms with E-state index in [0.29, 0.717) is 117 Å². The van der Waals surface area contributed by atoms with Crippen molar-refractivity contribution in [3.8, 4) is 67.5 Å². The molecule has 0 bridgehead atoms. The van der Waals surface area contributed by atoms with E-state index in [0.717, 1.165) is 69.1 Å². The standard InChI is InChI=1S/C63H62F2N18O/c1-7-8-57(84)72-48-22-43(29-67-30-48)38-9-11-53-49(23-38)60(78-77-53)62-73-54-33-68-31-51(58(54)75-62)41-19-45(65)26-47(21-41)71-14-16-82(6)36-83-56-12-10-39(42-17-37(27-66-28-42)35-81(4)5)24-50(56)61(79-83)63-74-55-34-69-32-52(59(55)76-63)40-18-44(64)25-46(20-40)70-13-15-80(2)3/h9-12,17-34,70-71H,7-8,13-16,35-36H2,1-6H3,(H,72,84)(H,73,75)(H,74,76)(H,77,78).